The lowest BCUT2D eigenvalue weighted by molar-refractivity contribution is -0.856. The summed E-state index contributed by atoms with van der Waals surface area (Å²) in [4.78, 5) is 20.3. The normalized spacial score (nSPS) is 15.9. The highest BCUT2D eigenvalue weighted by atomic mass is 32.1. The minimum atomic E-state index is -0.680. The lowest BCUT2D eigenvalue weighted by Gasteiger charge is -2.27. The molecule has 0 unspecified atom stereocenters. The van der Waals surface area contributed by atoms with Gasteiger partial charge >= 0.3 is 0 Å². The van der Waals surface area contributed by atoms with E-state index in [4.69, 9.17) is 0 Å². The fraction of sp³-hybridized carbons (Fsp3) is 0.556. The first-order chi connectivity index (χ1) is 12.0. The second kappa shape index (κ2) is 7.74. The number of likely N-dealkylation sites (N-methyl/N-ethyl adjacent to an activating group) is 1. The molecule has 136 valence electrons. The van der Waals surface area contributed by atoms with Gasteiger partial charge in [-0.2, -0.15) is 0 Å². The van der Waals surface area contributed by atoms with Crippen LogP contribution in [0, 0.1) is 17.6 Å². The monoisotopic (exact) mass is 368 g/mol. The largest absolute Gasteiger partial charge is 0.338 e. The number of nitrogens with one attached hydrogen (secondary N) is 1. The van der Waals surface area contributed by atoms with Crippen LogP contribution in [0.15, 0.2) is 12.1 Å². The number of amides is 1. The van der Waals surface area contributed by atoms with Crippen molar-refractivity contribution in [2.45, 2.75) is 32.1 Å². The van der Waals surface area contributed by atoms with Crippen LogP contribution in [0.3, 0.4) is 0 Å². The molecule has 0 aliphatic heterocycles. The van der Waals surface area contributed by atoms with Crippen molar-refractivity contribution in [1.29, 1.82) is 0 Å². The van der Waals surface area contributed by atoms with Crippen molar-refractivity contribution in [2.75, 3.05) is 32.1 Å². The molecule has 2 aromatic rings. The number of hydrogen-bond acceptors (Lipinski definition) is 3. The van der Waals surface area contributed by atoms with E-state index in [0.717, 1.165) is 38.3 Å². The Morgan fingerprint density at radius 3 is 2.68 bits per heavy atom. The number of thiazole rings is 1. The van der Waals surface area contributed by atoms with Gasteiger partial charge in [0.05, 0.1) is 31.9 Å². The Balaban J connectivity index is 1.92. The van der Waals surface area contributed by atoms with Crippen LogP contribution in [0.4, 0.5) is 13.9 Å². The SMILES string of the molecule is C[NH+](C)CCN(C(=O)C1CCCCC1)c1nc2c(F)cc(F)cc2s1. The number of benzene rings is 1. The topological polar surface area (TPSA) is 37.6 Å². The molecule has 1 N–H and O–H groups in total. The Hall–Kier alpha value is -1.60. The van der Waals surface area contributed by atoms with Gasteiger partial charge in [-0.1, -0.05) is 30.6 Å². The highest BCUT2D eigenvalue weighted by Crippen LogP contribution is 2.33. The van der Waals surface area contributed by atoms with Gasteiger partial charge in [-0.25, -0.2) is 13.8 Å². The highest BCUT2D eigenvalue weighted by Gasteiger charge is 2.29. The van der Waals surface area contributed by atoms with Crippen LogP contribution in [0.1, 0.15) is 32.1 Å². The molecule has 1 heterocycles. The van der Waals surface area contributed by atoms with Gasteiger partial charge in [0.1, 0.15) is 11.3 Å². The number of halogens is 2. The van der Waals surface area contributed by atoms with Gasteiger partial charge in [-0.05, 0) is 18.9 Å². The molecule has 1 fully saturated rings. The Labute approximate surface area is 150 Å². The second-order valence-corrected chi connectivity index (χ2v) is 8.02. The Kier molecular flexibility index (Phi) is 5.64. The van der Waals surface area contributed by atoms with Crippen molar-refractivity contribution in [2.24, 2.45) is 5.92 Å². The van der Waals surface area contributed by atoms with Crippen LogP contribution >= 0.6 is 11.3 Å². The van der Waals surface area contributed by atoms with E-state index in [1.807, 2.05) is 14.1 Å². The molecule has 0 bridgehead atoms. The quantitative estimate of drug-likeness (QED) is 0.881. The number of rotatable bonds is 5. The van der Waals surface area contributed by atoms with Gasteiger partial charge in [0.25, 0.3) is 0 Å². The van der Waals surface area contributed by atoms with Gasteiger partial charge < -0.3 is 4.90 Å². The van der Waals surface area contributed by atoms with Crippen LogP contribution in [0.25, 0.3) is 10.2 Å². The number of fused-ring (bicyclic) bond motifs is 1. The highest BCUT2D eigenvalue weighted by molar-refractivity contribution is 7.22. The maximum Gasteiger partial charge on any atom is 0.232 e. The summed E-state index contributed by atoms with van der Waals surface area (Å²) in [7, 11) is 4.05. The van der Waals surface area contributed by atoms with Crippen molar-refractivity contribution < 1.29 is 18.5 Å². The Morgan fingerprint density at radius 2 is 2.00 bits per heavy atom. The number of anilines is 1. The molecule has 1 aliphatic rings. The smallest absolute Gasteiger partial charge is 0.232 e. The Bertz CT molecular complexity index is 756. The summed E-state index contributed by atoms with van der Waals surface area (Å²) in [6, 6.07) is 2.11. The zero-order valence-electron chi connectivity index (χ0n) is 14.6. The summed E-state index contributed by atoms with van der Waals surface area (Å²) in [5, 5.41) is 0.469. The molecule has 7 heteroatoms. The van der Waals surface area contributed by atoms with E-state index in [1.54, 1.807) is 4.90 Å². The summed E-state index contributed by atoms with van der Waals surface area (Å²) in [6.07, 6.45) is 5.12. The standard InChI is InChI=1S/C18H23F2N3OS/c1-22(2)8-9-23(17(24)12-6-4-3-5-7-12)18-21-16-14(20)10-13(19)11-15(16)25-18/h10-12H,3-9H2,1-2H3/p+1. The third-order valence-corrected chi connectivity index (χ3v) is 5.71. The second-order valence-electron chi connectivity index (χ2n) is 7.01. The molecular formula is C18H24F2N3OS+. The number of quaternary nitrogens is 1. The maximum atomic E-state index is 14.0. The molecular weight excluding hydrogens is 344 g/mol. The third kappa shape index (κ3) is 4.15. The molecule has 1 aromatic heterocycles. The van der Waals surface area contributed by atoms with Crippen LogP contribution in [0.5, 0.6) is 0 Å². The van der Waals surface area contributed by atoms with Gasteiger partial charge in [0.2, 0.25) is 5.91 Å². The fourth-order valence-corrected chi connectivity index (χ4v) is 4.30. The first-order valence-corrected chi connectivity index (χ1v) is 9.63. The van der Waals surface area contributed by atoms with Gasteiger partial charge in [0.15, 0.2) is 10.9 Å². The van der Waals surface area contributed by atoms with Crippen molar-refractivity contribution in [1.82, 2.24) is 4.98 Å². The van der Waals surface area contributed by atoms with Crippen molar-refractivity contribution in [3.63, 3.8) is 0 Å². The fourth-order valence-electron chi connectivity index (χ4n) is 3.27. The zero-order valence-corrected chi connectivity index (χ0v) is 15.5. The van der Waals surface area contributed by atoms with E-state index in [1.165, 1.54) is 28.7 Å². The molecule has 1 aromatic carbocycles. The van der Waals surface area contributed by atoms with Gasteiger partial charge in [-0.15, -0.1) is 0 Å². The van der Waals surface area contributed by atoms with Crippen LogP contribution < -0.4 is 9.80 Å². The molecule has 4 nitrogen and oxygen atoms in total. The van der Waals surface area contributed by atoms with Crippen molar-refractivity contribution in [3.05, 3.63) is 23.8 Å². The minimum Gasteiger partial charge on any atom is -0.338 e. The predicted octanol–water partition coefficient (Wildman–Crippen LogP) is 2.63. The maximum absolute atomic E-state index is 14.0. The van der Waals surface area contributed by atoms with Gasteiger partial charge in [-0.3, -0.25) is 9.69 Å². The number of carbonyl (C=O) groups excluding carboxylic acids is 1. The number of carbonyl (C=O) groups is 1. The van der Waals surface area contributed by atoms with E-state index in [9.17, 15) is 13.6 Å². The number of nitrogens with zero attached hydrogens (tertiary/aromatic N) is 2. The van der Waals surface area contributed by atoms with E-state index >= 15 is 0 Å². The van der Waals surface area contributed by atoms with E-state index in [2.05, 4.69) is 4.98 Å². The summed E-state index contributed by atoms with van der Waals surface area (Å²) >= 11 is 1.18. The summed E-state index contributed by atoms with van der Waals surface area (Å²) in [6.45, 7) is 1.30. The van der Waals surface area contributed by atoms with Crippen LogP contribution in [-0.4, -0.2) is 38.1 Å². The number of hydrogen-bond donors (Lipinski definition) is 1. The molecule has 1 aliphatic carbocycles. The third-order valence-electron chi connectivity index (χ3n) is 4.69. The summed E-state index contributed by atoms with van der Waals surface area (Å²) in [5.74, 6) is -1.22. The van der Waals surface area contributed by atoms with E-state index in [-0.39, 0.29) is 17.3 Å². The zero-order chi connectivity index (χ0) is 18.0. The number of aromatic nitrogens is 1. The molecule has 3 rings (SSSR count). The predicted molar refractivity (Wildman–Crippen MR) is 96.1 cm³/mol. The molecule has 1 saturated carbocycles. The van der Waals surface area contributed by atoms with Crippen molar-refractivity contribution in [3.8, 4) is 0 Å². The summed E-state index contributed by atoms with van der Waals surface area (Å²) < 4.78 is 27.9. The van der Waals surface area contributed by atoms with E-state index < -0.39 is 11.6 Å². The van der Waals surface area contributed by atoms with Gasteiger partial charge in [0, 0.05) is 12.0 Å². The Morgan fingerprint density at radius 1 is 1.28 bits per heavy atom. The molecule has 0 radical (unpaired) electrons. The molecule has 0 saturated heterocycles. The summed E-state index contributed by atoms with van der Waals surface area (Å²) in [5.41, 5.74) is 0.139. The van der Waals surface area contributed by atoms with Crippen LogP contribution in [-0.2, 0) is 4.79 Å². The minimum absolute atomic E-state index is 0.0134. The van der Waals surface area contributed by atoms with Crippen LogP contribution in [0.2, 0.25) is 0 Å². The van der Waals surface area contributed by atoms with Crippen molar-refractivity contribution >= 4 is 32.6 Å². The molecule has 0 spiro atoms. The average Bonchev–Trinajstić information content (AvgIpc) is 2.99. The molecule has 1 amide bonds. The molecule has 25 heavy (non-hydrogen) atoms. The lowest BCUT2D eigenvalue weighted by Crippen LogP contribution is -3.06. The first kappa shape index (κ1) is 18.2. The average molecular weight is 368 g/mol. The first-order valence-electron chi connectivity index (χ1n) is 8.81. The van der Waals surface area contributed by atoms with E-state index in [0.29, 0.717) is 16.4 Å². The lowest BCUT2D eigenvalue weighted by atomic mass is 9.88. The molecule has 0 atom stereocenters.